The summed E-state index contributed by atoms with van der Waals surface area (Å²) in [5.74, 6) is -1.55. The smallest absolute Gasteiger partial charge is 0.323 e. The van der Waals surface area contributed by atoms with Gasteiger partial charge in [-0.1, -0.05) is 44.4 Å². The van der Waals surface area contributed by atoms with E-state index in [1.807, 2.05) is 6.92 Å². The van der Waals surface area contributed by atoms with Gasteiger partial charge in [0.05, 0.1) is 21.3 Å². The third-order valence-electron chi connectivity index (χ3n) is 4.85. The van der Waals surface area contributed by atoms with Crippen molar-refractivity contribution < 1.29 is 19.3 Å². The van der Waals surface area contributed by atoms with Crippen LogP contribution >= 0.6 is 7.60 Å². The van der Waals surface area contributed by atoms with Gasteiger partial charge < -0.3 is 14.8 Å². The van der Waals surface area contributed by atoms with Gasteiger partial charge in [0.25, 0.3) is 5.69 Å². The molecule has 0 bridgehead atoms. The van der Waals surface area contributed by atoms with Crippen molar-refractivity contribution in [2.75, 3.05) is 0 Å². The van der Waals surface area contributed by atoms with Gasteiger partial charge in [0.2, 0.25) is 0 Å². The van der Waals surface area contributed by atoms with E-state index >= 15 is 0 Å². The average Bonchev–Trinajstić information content (AvgIpc) is 2.65. The minimum Gasteiger partial charge on any atom is -0.323 e. The number of unbranched alkanes of at least 4 members (excludes halogenated alkanes) is 2. The maximum Gasteiger partial charge on any atom is 0.348 e. The van der Waals surface area contributed by atoms with Crippen LogP contribution in [0.5, 0.6) is 0 Å². The zero-order chi connectivity index (χ0) is 21.3. The molecule has 1 heterocycles. The first-order valence-electron chi connectivity index (χ1n) is 9.06. The first-order chi connectivity index (χ1) is 13.7. The maximum atomic E-state index is 12.7. The molecule has 3 aromatic rings. The number of nitro groups is 1. The third-order valence-corrected chi connectivity index (χ3v) is 6.11. The molecule has 29 heavy (non-hydrogen) atoms. The molecule has 11 heteroatoms. The standard InChI is InChI=1S/C18H20N3O7P/c1-2-3-4-9-15(29(26,27)28)20-16-12-8-6-5-7-11(12)14(21(24)25)10-13(16)19-17(22)18(20)23/h5-8,10,15H,2-4,9H2,1H3,(H,19,22)(H2,26,27,28). The Bertz CT molecular complexity index is 1260. The Labute approximate surface area is 164 Å². The van der Waals surface area contributed by atoms with Gasteiger partial charge in [-0.2, -0.15) is 0 Å². The molecular formula is C18H20N3O7P. The van der Waals surface area contributed by atoms with E-state index in [9.17, 15) is 34.1 Å². The third kappa shape index (κ3) is 3.87. The van der Waals surface area contributed by atoms with Gasteiger partial charge in [0.15, 0.2) is 0 Å². The molecular weight excluding hydrogens is 401 g/mol. The van der Waals surface area contributed by atoms with E-state index in [1.165, 1.54) is 12.1 Å². The van der Waals surface area contributed by atoms with E-state index in [1.54, 1.807) is 12.1 Å². The second-order valence-electron chi connectivity index (χ2n) is 6.79. The van der Waals surface area contributed by atoms with Crippen molar-refractivity contribution in [3.8, 4) is 0 Å². The van der Waals surface area contributed by atoms with Gasteiger partial charge in [0.1, 0.15) is 5.78 Å². The molecule has 3 rings (SSSR count). The Kier molecular flexibility index (Phi) is 5.70. The number of hydrogen-bond acceptors (Lipinski definition) is 5. The van der Waals surface area contributed by atoms with E-state index in [0.29, 0.717) is 12.8 Å². The molecule has 0 aliphatic carbocycles. The van der Waals surface area contributed by atoms with E-state index in [-0.39, 0.29) is 33.9 Å². The lowest BCUT2D eigenvalue weighted by atomic mass is 10.1. The number of nitro benzene ring substituents is 1. The van der Waals surface area contributed by atoms with Crippen LogP contribution in [0.15, 0.2) is 39.9 Å². The number of rotatable bonds is 7. The molecule has 0 aliphatic heterocycles. The maximum absolute atomic E-state index is 12.7. The summed E-state index contributed by atoms with van der Waals surface area (Å²) in [5.41, 5.74) is -2.47. The van der Waals surface area contributed by atoms with Crippen molar-refractivity contribution in [3.63, 3.8) is 0 Å². The van der Waals surface area contributed by atoms with Crippen LogP contribution < -0.4 is 11.1 Å². The fourth-order valence-electron chi connectivity index (χ4n) is 3.54. The van der Waals surface area contributed by atoms with Gasteiger partial charge in [-0.25, -0.2) is 0 Å². The minimum atomic E-state index is -4.82. The molecule has 10 nitrogen and oxygen atoms in total. The van der Waals surface area contributed by atoms with E-state index in [0.717, 1.165) is 17.1 Å². The van der Waals surface area contributed by atoms with Gasteiger partial charge in [-0.15, -0.1) is 0 Å². The van der Waals surface area contributed by atoms with Crippen molar-refractivity contribution in [3.05, 3.63) is 61.2 Å². The Morgan fingerprint density at radius 3 is 2.45 bits per heavy atom. The van der Waals surface area contributed by atoms with Crippen LogP contribution in [-0.4, -0.2) is 24.3 Å². The molecule has 0 fully saturated rings. The molecule has 1 atom stereocenters. The van der Waals surface area contributed by atoms with Crippen LogP contribution in [0.4, 0.5) is 5.69 Å². The number of fused-ring (bicyclic) bond motifs is 3. The van der Waals surface area contributed by atoms with E-state index < -0.39 is 29.4 Å². The summed E-state index contributed by atoms with van der Waals surface area (Å²) in [5, 5.41) is 11.9. The van der Waals surface area contributed by atoms with Crippen LogP contribution in [0.2, 0.25) is 0 Å². The number of nitrogens with one attached hydrogen (secondary N) is 1. The monoisotopic (exact) mass is 421 g/mol. The minimum absolute atomic E-state index is 0.0120. The Morgan fingerprint density at radius 1 is 1.21 bits per heavy atom. The van der Waals surface area contributed by atoms with Crippen molar-refractivity contribution >= 4 is 35.1 Å². The lowest BCUT2D eigenvalue weighted by molar-refractivity contribution is -0.382. The topological polar surface area (TPSA) is 156 Å². The van der Waals surface area contributed by atoms with Crippen molar-refractivity contribution in [1.82, 2.24) is 9.55 Å². The predicted molar refractivity (Wildman–Crippen MR) is 108 cm³/mol. The lowest BCUT2D eigenvalue weighted by Crippen LogP contribution is -2.38. The lowest BCUT2D eigenvalue weighted by Gasteiger charge is -2.23. The highest BCUT2D eigenvalue weighted by Crippen LogP contribution is 2.52. The second kappa shape index (κ2) is 7.90. The molecule has 0 amide bonds. The van der Waals surface area contributed by atoms with Crippen molar-refractivity contribution in [1.29, 1.82) is 0 Å². The van der Waals surface area contributed by atoms with Crippen molar-refractivity contribution in [2.45, 2.75) is 38.4 Å². The van der Waals surface area contributed by atoms with Crippen molar-refractivity contribution in [2.24, 2.45) is 0 Å². The Balaban J connectivity index is 2.48. The summed E-state index contributed by atoms with van der Waals surface area (Å²) < 4.78 is 13.1. The largest absolute Gasteiger partial charge is 0.348 e. The number of H-pyrrole nitrogens is 1. The SMILES string of the molecule is CCCCCC(n1c(=O)c(=O)[nH]c2cc([N+](=O)[O-])c3ccccc3c21)P(=O)(O)O. The van der Waals surface area contributed by atoms with E-state index in [2.05, 4.69) is 4.98 Å². The van der Waals surface area contributed by atoms with Crippen LogP contribution in [0.3, 0.4) is 0 Å². The molecule has 1 aromatic heterocycles. The predicted octanol–water partition coefficient (Wildman–Crippen LogP) is 3.01. The molecule has 3 N–H and O–H groups in total. The average molecular weight is 421 g/mol. The zero-order valence-electron chi connectivity index (χ0n) is 15.6. The summed E-state index contributed by atoms with van der Waals surface area (Å²) >= 11 is 0. The number of benzene rings is 2. The molecule has 154 valence electrons. The highest BCUT2D eigenvalue weighted by molar-refractivity contribution is 7.51. The number of nitrogens with zero attached hydrogens (tertiary/aromatic N) is 2. The highest BCUT2D eigenvalue weighted by Gasteiger charge is 2.33. The molecule has 0 radical (unpaired) electrons. The first kappa shape index (κ1) is 20.9. The Morgan fingerprint density at radius 2 is 1.86 bits per heavy atom. The summed E-state index contributed by atoms with van der Waals surface area (Å²) in [4.78, 5) is 58.0. The van der Waals surface area contributed by atoms with Crippen LogP contribution in [0, 0.1) is 10.1 Å². The fourth-order valence-corrected chi connectivity index (χ4v) is 4.58. The normalized spacial score (nSPS) is 13.1. The summed E-state index contributed by atoms with van der Waals surface area (Å²) in [6.45, 7) is 1.92. The number of aromatic nitrogens is 2. The molecule has 0 saturated heterocycles. The van der Waals surface area contributed by atoms with Crippen LogP contribution in [0.25, 0.3) is 21.8 Å². The first-order valence-corrected chi connectivity index (χ1v) is 10.7. The molecule has 0 spiro atoms. The summed E-state index contributed by atoms with van der Waals surface area (Å²) in [6.07, 6.45) is 1.92. The van der Waals surface area contributed by atoms with Gasteiger partial charge in [0, 0.05) is 11.5 Å². The summed E-state index contributed by atoms with van der Waals surface area (Å²) in [6, 6.07) is 7.28. The van der Waals surface area contributed by atoms with Gasteiger partial charge >= 0.3 is 18.7 Å². The molecule has 1 unspecified atom stereocenters. The molecule has 0 saturated carbocycles. The molecule has 0 aliphatic rings. The van der Waals surface area contributed by atoms with Crippen LogP contribution in [0.1, 0.15) is 38.4 Å². The highest BCUT2D eigenvalue weighted by atomic mass is 31.2. The number of non-ortho nitro benzene ring substituents is 1. The second-order valence-corrected chi connectivity index (χ2v) is 8.56. The zero-order valence-corrected chi connectivity index (χ0v) is 16.5. The Hall–Kier alpha value is -2.81. The quantitative estimate of drug-likeness (QED) is 0.132. The summed E-state index contributed by atoms with van der Waals surface area (Å²) in [7, 11) is -4.82. The number of aromatic amines is 1. The molecule has 2 aromatic carbocycles. The fraction of sp³-hybridized carbons (Fsp3) is 0.333. The van der Waals surface area contributed by atoms with Crippen LogP contribution in [-0.2, 0) is 4.57 Å². The van der Waals surface area contributed by atoms with Gasteiger partial charge in [-0.3, -0.25) is 28.8 Å². The van der Waals surface area contributed by atoms with E-state index in [4.69, 9.17) is 0 Å². The van der Waals surface area contributed by atoms with Gasteiger partial charge in [-0.05, 0) is 12.5 Å². The number of hydrogen-bond donors (Lipinski definition) is 3.